The third kappa shape index (κ3) is 6.52. The number of aliphatic hydroxyl groups excluding tert-OH is 1. The van der Waals surface area contributed by atoms with E-state index in [2.05, 4.69) is 65.6 Å². The molecular formula is C29H35NO2. The topological polar surface area (TPSA) is 32.7 Å². The van der Waals surface area contributed by atoms with Crippen molar-refractivity contribution in [3.05, 3.63) is 108 Å². The Morgan fingerprint density at radius 3 is 1.78 bits per heavy atom. The Labute approximate surface area is 192 Å². The van der Waals surface area contributed by atoms with Gasteiger partial charge in [0.05, 0.1) is 6.10 Å². The normalized spacial score (nSPS) is 16.3. The van der Waals surface area contributed by atoms with Gasteiger partial charge < -0.3 is 14.7 Å². The van der Waals surface area contributed by atoms with E-state index in [1.807, 2.05) is 30.3 Å². The van der Waals surface area contributed by atoms with Crippen molar-refractivity contribution in [3.63, 3.8) is 0 Å². The molecule has 0 unspecified atom stereocenters. The predicted molar refractivity (Wildman–Crippen MR) is 130 cm³/mol. The summed E-state index contributed by atoms with van der Waals surface area (Å²) in [6.45, 7) is 3.98. The molecule has 0 saturated carbocycles. The van der Waals surface area contributed by atoms with Crippen molar-refractivity contribution < 1.29 is 9.84 Å². The number of hydrogen-bond acceptors (Lipinski definition) is 3. The number of ether oxygens (including phenoxy) is 1. The molecule has 3 aromatic rings. The van der Waals surface area contributed by atoms with Crippen molar-refractivity contribution in [2.24, 2.45) is 5.92 Å². The molecule has 1 saturated heterocycles. The second-order valence-electron chi connectivity index (χ2n) is 8.86. The molecule has 1 atom stereocenters. The maximum atomic E-state index is 10.4. The molecule has 3 aromatic carbocycles. The Balaban J connectivity index is 1.20. The molecule has 0 aliphatic carbocycles. The molecule has 1 heterocycles. The predicted octanol–water partition coefficient (Wildman–Crippen LogP) is 6.02. The van der Waals surface area contributed by atoms with E-state index in [0.29, 0.717) is 0 Å². The monoisotopic (exact) mass is 429 g/mol. The Morgan fingerprint density at radius 1 is 0.750 bits per heavy atom. The average Bonchev–Trinajstić information content (AvgIpc) is 2.87. The van der Waals surface area contributed by atoms with Gasteiger partial charge in [-0.05, 0) is 61.4 Å². The third-order valence-electron chi connectivity index (χ3n) is 6.63. The van der Waals surface area contributed by atoms with Crippen LogP contribution in [-0.4, -0.2) is 36.2 Å². The molecule has 1 aliphatic rings. The number of hydrogen-bond donors (Lipinski definition) is 1. The van der Waals surface area contributed by atoms with Gasteiger partial charge in [0, 0.05) is 13.2 Å². The van der Waals surface area contributed by atoms with Crippen molar-refractivity contribution in [1.82, 2.24) is 4.90 Å². The first-order chi connectivity index (χ1) is 15.8. The first kappa shape index (κ1) is 22.7. The molecule has 168 valence electrons. The fourth-order valence-electron chi connectivity index (χ4n) is 4.64. The summed E-state index contributed by atoms with van der Waals surface area (Å²) in [6, 6.07) is 31.0. The fourth-order valence-corrected chi connectivity index (χ4v) is 4.64. The van der Waals surface area contributed by atoms with Crippen molar-refractivity contribution in [2.75, 3.05) is 26.2 Å². The molecule has 32 heavy (non-hydrogen) atoms. The van der Waals surface area contributed by atoms with Crippen LogP contribution in [0.5, 0.6) is 0 Å². The summed E-state index contributed by atoms with van der Waals surface area (Å²) in [7, 11) is 0. The van der Waals surface area contributed by atoms with Crippen LogP contribution in [0.25, 0.3) is 0 Å². The van der Waals surface area contributed by atoms with E-state index in [0.717, 1.165) is 50.6 Å². The smallest absolute Gasteiger partial charge is 0.108 e. The van der Waals surface area contributed by atoms with Crippen LogP contribution in [0, 0.1) is 5.92 Å². The molecule has 0 bridgehead atoms. The van der Waals surface area contributed by atoms with Gasteiger partial charge >= 0.3 is 0 Å². The quantitative estimate of drug-likeness (QED) is 0.428. The summed E-state index contributed by atoms with van der Waals surface area (Å²) in [4.78, 5) is 2.50. The maximum Gasteiger partial charge on any atom is 0.108 e. The van der Waals surface area contributed by atoms with E-state index >= 15 is 0 Å². The molecule has 0 spiro atoms. The highest BCUT2D eigenvalue weighted by Crippen LogP contribution is 2.28. The van der Waals surface area contributed by atoms with Gasteiger partial charge in [0.15, 0.2) is 0 Å². The van der Waals surface area contributed by atoms with Crippen LogP contribution in [0.1, 0.15) is 54.6 Å². The number of nitrogens with zero attached hydrogens (tertiary/aromatic N) is 1. The molecule has 1 aliphatic heterocycles. The lowest BCUT2D eigenvalue weighted by molar-refractivity contribution is 0.0584. The molecule has 3 heteroatoms. The highest BCUT2D eigenvalue weighted by Gasteiger charge is 2.21. The number of aliphatic hydroxyl groups is 1. The standard InChI is InChI=1S/C29H35NO2/c31-28(25-10-4-1-5-11-25)18-22-30-20-16-24(17-21-30)19-23-32-29(26-12-6-2-7-13-26)27-14-8-3-9-15-27/h1-15,24,28-29,31H,16-23H2/t28-/m1/s1. The van der Waals surface area contributed by atoms with E-state index in [1.165, 1.54) is 24.0 Å². The number of benzene rings is 3. The Kier molecular flexibility index (Phi) is 8.49. The second kappa shape index (κ2) is 12.0. The van der Waals surface area contributed by atoms with Crippen LogP contribution < -0.4 is 0 Å². The van der Waals surface area contributed by atoms with Crippen LogP contribution in [0.2, 0.25) is 0 Å². The van der Waals surface area contributed by atoms with E-state index in [4.69, 9.17) is 4.74 Å². The third-order valence-corrected chi connectivity index (χ3v) is 6.63. The fraction of sp³-hybridized carbons (Fsp3) is 0.379. The molecule has 0 aromatic heterocycles. The number of likely N-dealkylation sites (tertiary alicyclic amines) is 1. The van der Waals surface area contributed by atoms with E-state index < -0.39 is 0 Å². The Bertz CT molecular complexity index is 853. The summed E-state index contributed by atoms with van der Waals surface area (Å²) >= 11 is 0. The lowest BCUT2D eigenvalue weighted by atomic mass is 9.93. The van der Waals surface area contributed by atoms with Crippen LogP contribution in [0.4, 0.5) is 0 Å². The second-order valence-corrected chi connectivity index (χ2v) is 8.86. The molecule has 4 rings (SSSR count). The lowest BCUT2D eigenvalue weighted by Crippen LogP contribution is -2.35. The van der Waals surface area contributed by atoms with Gasteiger partial charge in [-0.2, -0.15) is 0 Å². The first-order valence-corrected chi connectivity index (χ1v) is 12.0. The number of rotatable bonds is 10. The maximum absolute atomic E-state index is 10.4. The molecule has 0 amide bonds. The van der Waals surface area contributed by atoms with Gasteiger partial charge in [-0.3, -0.25) is 0 Å². The summed E-state index contributed by atoms with van der Waals surface area (Å²) in [5, 5.41) is 10.4. The van der Waals surface area contributed by atoms with Crippen molar-refractivity contribution >= 4 is 0 Å². The molecule has 1 fully saturated rings. The lowest BCUT2D eigenvalue weighted by Gasteiger charge is -2.32. The zero-order chi connectivity index (χ0) is 22.0. The first-order valence-electron chi connectivity index (χ1n) is 12.0. The molecule has 3 nitrogen and oxygen atoms in total. The molecule has 0 radical (unpaired) electrons. The minimum atomic E-state index is -0.366. The highest BCUT2D eigenvalue weighted by atomic mass is 16.5. The van der Waals surface area contributed by atoms with Crippen LogP contribution in [0.15, 0.2) is 91.0 Å². The van der Waals surface area contributed by atoms with E-state index in [9.17, 15) is 5.11 Å². The largest absolute Gasteiger partial charge is 0.388 e. The number of piperidine rings is 1. The summed E-state index contributed by atoms with van der Waals surface area (Å²) in [5.74, 6) is 0.720. The van der Waals surface area contributed by atoms with Gasteiger partial charge in [-0.25, -0.2) is 0 Å². The van der Waals surface area contributed by atoms with Gasteiger partial charge in [-0.1, -0.05) is 91.0 Å². The van der Waals surface area contributed by atoms with Crippen LogP contribution in [0.3, 0.4) is 0 Å². The Morgan fingerprint density at radius 2 is 1.25 bits per heavy atom. The summed E-state index contributed by atoms with van der Waals surface area (Å²) in [6.07, 6.45) is 3.97. The van der Waals surface area contributed by atoms with Crippen molar-refractivity contribution in [1.29, 1.82) is 0 Å². The van der Waals surface area contributed by atoms with Gasteiger partial charge in [0.2, 0.25) is 0 Å². The molecular weight excluding hydrogens is 394 g/mol. The highest BCUT2D eigenvalue weighted by molar-refractivity contribution is 5.29. The van der Waals surface area contributed by atoms with Gasteiger partial charge in [-0.15, -0.1) is 0 Å². The van der Waals surface area contributed by atoms with Crippen LogP contribution in [-0.2, 0) is 4.74 Å². The Hall–Kier alpha value is -2.46. The minimum absolute atomic E-state index is 0.00281. The summed E-state index contributed by atoms with van der Waals surface area (Å²) in [5.41, 5.74) is 3.45. The zero-order valence-corrected chi connectivity index (χ0v) is 18.9. The SMILES string of the molecule is O[C@H](CCN1CCC(CCOC(c2ccccc2)c2ccccc2)CC1)c1ccccc1. The van der Waals surface area contributed by atoms with Crippen molar-refractivity contribution in [3.8, 4) is 0 Å². The zero-order valence-electron chi connectivity index (χ0n) is 18.9. The van der Waals surface area contributed by atoms with E-state index in [1.54, 1.807) is 0 Å². The van der Waals surface area contributed by atoms with E-state index in [-0.39, 0.29) is 12.2 Å². The summed E-state index contributed by atoms with van der Waals surface area (Å²) < 4.78 is 6.43. The average molecular weight is 430 g/mol. The minimum Gasteiger partial charge on any atom is -0.388 e. The molecule has 1 N–H and O–H groups in total. The van der Waals surface area contributed by atoms with Gasteiger partial charge in [0.25, 0.3) is 0 Å². The van der Waals surface area contributed by atoms with Crippen molar-refractivity contribution in [2.45, 2.75) is 37.9 Å². The van der Waals surface area contributed by atoms with Crippen LogP contribution >= 0.6 is 0 Å². The van der Waals surface area contributed by atoms with Gasteiger partial charge in [0.1, 0.15) is 6.10 Å².